The predicted octanol–water partition coefficient (Wildman–Crippen LogP) is 1.08. The van der Waals surface area contributed by atoms with Gasteiger partial charge in [0.1, 0.15) is 0 Å². The Morgan fingerprint density at radius 3 is 2.50 bits per heavy atom. The molecule has 0 aliphatic rings. The quantitative estimate of drug-likeness (QED) is 0.413. The molecule has 0 aromatic heterocycles. The van der Waals surface area contributed by atoms with Crippen molar-refractivity contribution in [2.45, 2.75) is 11.2 Å². The summed E-state index contributed by atoms with van der Waals surface area (Å²) in [6.07, 6.45) is -0.0289. The minimum absolute atomic E-state index is 0.0289. The number of halogens is 2. The lowest BCUT2D eigenvalue weighted by Crippen LogP contribution is -2.14. The van der Waals surface area contributed by atoms with Crippen molar-refractivity contribution in [3.8, 4) is 0 Å². The minimum Gasteiger partial charge on any atom is -0.469 e. The molecule has 0 spiro atoms. The molecule has 3 nitrogen and oxygen atoms in total. The summed E-state index contributed by atoms with van der Waals surface area (Å²) in [5.74, 6) is -0.462. The second-order valence-corrected chi connectivity index (χ2v) is 3.03. The first-order valence-electron chi connectivity index (χ1n) is 2.48. The Bertz CT molecular complexity index is 148. The van der Waals surface area contributed by atoms with Gasteiger partial charge in [-0.25, -0.2) is 0 Å². The Morgan fingerprint density at radius 1 is 1.70 bits per heavy atom. The minimum atomic E-state index is -0.637. The van der Waals surface area contributed by atoms with Crippen molar-refractivity contribution in [2.24, 2.45) is 0 Å². The van der Waals surface area contributed by atoms with Gasteiger partial charge in [0.2, 0.25) is 5.24 Å². The standard InChI is InChI=1S/C5H6BrClO3/c1-10-4(8)2-3(6)5(7)9/h3H,2H2,1H3. The van der Waals surface area contributed by atoms with E-state index in [9.17, 15) is 9.59 Å². The van der Waals surface area contributed by atoms with Crippen LogP contribution in [0.5, 0.6) is 0 Å². The van der Waals surface area contributed by atoms with Crippen molar-refractivity contribution in [3.63, 3.8) is 0 Å². The van der Waals surface area contributed by atoms with Crippen LogP contribution in [0.15, 0.2) is 0 Å². The van der Waals surface area contributed by atoms with Crippen LogP contribution in [0.25, 0.3) is 0 Å². The van der Waals surface area contributed by atoms with Gasteiger partial charge in [-0.15, -0.1) is 0 Å². The number of hydrogen-bond acceptors (Lipinski definition) is 3. The van der Waals surface area contributed by atoms with Crippen LogP contribution in [0.2, 0.25) is 0 Å². The van der Waals surface area contributed by atoms with Crippen LogP contribution in [0, 0.1) is 0 Å². The summed E-state index contributed by atoms with van der Waals surface area (Å²) < 4.78 is 4.29. The van der Waals surface area contributed by atoms with Gasteiger partial charge in [-0.2, -0.15) is 0 Å². The van der Waals surface area contributed by atoms with Crippen LogP contribution in [0.3, 0.4) is 0 Å². The highest BCUT2D eigenvalue weighted by atomic mass is 79.9. The van der Waals surface area contributed by atoms with E-state index in [-0.39, 0.29) is 6.42 Å². The maximum Gasteiger partial charge on any atom is 0.307 e. The molecule has 5 heteroatoms. The van der Waals surface area contributed by atoms with Gasteiger partial charge in [-0.3, -0.25) is 9.59 Å². The fourth-order valence-electron chi connectivity index (χ4n) is 0.310. The third-order valence-electron chi connectivity index (χ3n) is 0.820. The van der Waals surface area contributed by atoms with Crippen molar-refractivity contribution < 1.29 is 14.3 Å². The number of carbonyl (C=O) groups excluding carboxylic acids is 2. The number of rotatable bonds is 3. The van der Waals surface area contributed by atoms with Gasteiger partial charge in [-0.1, -0.05) is 15.9 Å². The van der Waals surface area contributed by atoms with E-state index < -0.39 is 16.0 Å². The second kappa shape index (κ2) is 4.68. The molecule has 58 valence electrons. The number of carbonyl (C=O) groups is 2. The van der Waals surface area contributed by atoms with Crippen LogP contribution in [-0.4, -0.2) is 23.1 Å². The summed E-state index contributed by atoms with van der Waals surface area (Å²) in [5, 5.41) is -0.592. The molecule has 0 radical (unpaired) electrons. The van der Waals surface area contributed by atoms with E-state index >= 15 is 0 Å². The molecule has 0 bridgehead atoms. The summed E-state index contributed by atoms with van der Waals surface area (Å²) in [4.78, 5) is 20.1. The number of methoxy groups -OCH3 is 1. The molecule has 0 aliphatic heterocycles. The van der Waals surface area contributed by atoms with E-state index in [2.05, 4.69) is 20.7 Å². The largest absolute Gasteiger partial charge is 0.469 e. The van der Waals surface area contributed by atoms with Gasteiger partial charge < -0.3 is 4.74 Å². The fraction of sp³-hybridized carbons (Fsp3) is 0.600. The van der Waals surface area contributed by atoms with E-state index in [4.69, 9.17) is 11.6 Å². The van der Waals surface area contributed by atoms with Gasteiger partial charge in [0, 0.05) is 0 Å². The maximum atomic E-state index is 10.5. The van der Waals surface area contributed by atoms with E-state index in [0.717, 1.165) is 0 Å². The second-order valence-electron chi connectivity index (χ2n) is 1.55. The normalized spacial score (nSPS) is 12.3. The lowest BCUT2D eigenvalue weighted by atomic mass is 10.3. The molecule has 0 heterocycles. The molecule has 1 unspecified atom stereocenters. The van der Waals surface area contributed by atoms with Crippen LogP contribution >= 0.6 is 27.5 Å². The molecule has 0 fully saturated rings. The SMILES string of the molecule is COC(=O)CC(Br)C(=O)Cl. The highest BCUT2D eigenvalue weighted by Crippen LogP contribution is 2.09. The summed E-state index contributed by atoms with van der Waals surface area (Å²) in [6.45, 7) is 0. The van der Waals surface area contributed by atoms with E-state index in [1.165, 1.54) is 7.11 Å². The number of alkyl halides is 1. The summed E-state index contributed by atoms with van der Waals surface area (Å²) in [6, 6.07) is 0. The highest BCUT2D eigenvalue weighted by Gasteiger charge is 2.16. The van der Waals surface area contributed by atoms with Crippen molar-refractivity contribution in [1.82, 2.24) is 0 Å². The molecule has 0 saturated carbocycles. The average molecular weight is 229 g/mol. The summed E-state index contributed by atoms with van der Waals surface area (Å²) in [5.41, 5.74) is 0. The summed E-state index contributed by atoms with van der Waals surface area (Å²) in [7, 11) is 1.25. The molecule has 1 atom stereocenters. The van der Waals surface area contributed by atoms with E-state index in [0.29, 0.717) is 0 Å². The zero-order valence-corrected chi connectivity index (χ0v) is 7.61. The monoisotopic (exact) mass is 228 g/mol. The first-order valence-corrected chi connectivity index (χ1v) is 3.77. The molecular formula is C5H6BrClO3. The molecule has 0 N–H and O–H groups in total. The third-order valence-corrected chi connectivity index (χ3v) is 2.09. The van der Waals surface area contributed by atoms with Crippen molar-refractivity contribution in [2.75, 3.05) is 7.11 Å². The van der Waals surface area contributed by atoms with Crippen molar-refractivity contribution >= 4 is 38.7 Å². The van der Waals surface area contributed by atoms with Crippen LogP contribution in [-0.2, 0) is 14.3 Å². The first kappa shape index (κ1) is 9.91. The smallest absolute Gasteiger partial charge is 0.307 e. The number of ether oxygens (including phenoxy) is 1. The van der Waals surface area contributed by atoms with Crippen LogP contribution < -0.4 is 0 Å². The Morgan fingerprint density at radius 2 is 2.20 bits per heavy atom. The molecule has 0 rings (SSSR count). The maximum absolute atomic E-state index is 10.5. The molecule has 0 aromatic rings. The number of esters is 1. The lowest BCUT2D eigenvalue weighted by Gasteiger charge is -2.00. The molecule has 0 aromatic carbocycles. The molecule has 10 heavy (non-hydrogen) atoms. The first-order chi connectivity index (χ1) is 4.57. The zero-order valence-electron chi connectivity index (χ0n) is 5.27. The van der Waals surface area contributed by atoms with Crippen molar-refractivity contribution in [1.29, 1.82) is 0 Å². The van der Waals surface area contributed by atoms with Gasteiger partial charge in [0.25, 0.3) is 0 Å². The van der Waals surface area contributed by atoms with Gasteiger partial charge in [-0.05, 0) is 11.6 Å². The topological polar surface area (TPSA) is 43.4 Å². The van der Waals surface area contributed by atoms with Crippen LogP contribution in [0.1, 0.15) is 6.42 Å². The van der Waals surface area contributed by atoms with Gasteiger partial charge >= 0.3 is 5.97 Å². The molecule has 0 saturated heterocycles. The van der Waals surface area contributed by atoms with Gasteiger partial charge in [0.05, 0.1) is 18.4 Å². The molecular weight excluding hydrogens is 223 g/mol. The Labute approximate surface area is 71.8 Å². The Hall–Kier alpha value is -0.0900. The number of hydrogen-bond donors (Lipinski definition) is 0. The zero-order chi connectivity index (χ0) is 8.15. The van der Waals surface area contributed by atoms with Gasteiger partial charge in [0.15, 0.2) is 0 Å². The molecule has 0 amide bonds. The lowest BCUT2D eigenvalue weighted by molar-refractivity contribution is -0.141. The Kier molecular flexibility index (Phi) is 4.64. The van der Waals surface area contributed by atoms with Crippen molar-refractivity contribution in [3.05, 3.63) is 0 Å². The fourth-order valence-corrected chi connectivity index (χ4v) is 0.651. The molecule has 0 aliphatic carbocycles. The highest BCUT2D eigenvalue weighted by molar-refractivity contribution is 9.10. The average Bonchev–Trinajstić information content (AvgIpc) is 1.87. The third kappa shape index (κ3) is 3.85. The summed E-state index contributed by atoms with van der Waals surface area (Å²) >= 11 is 7.94. The predicted molar refractivity (Wildman–Crippen MR) is 40.2 cm³/mol. The van der Waals surface area contributed by atoms with E-state index in [1.807, 2.05) is 0 Å². The van der Waals surface area contributed by atoms with E-state index in [1.54, 1.807) is 0 Å². The Balaban J connectivity index is 3.68. The van der Waals surface area contributed by atoms with Crippen LogP contribution in [0.4, 0.5) is 0 Å².